The molecule has 1 aliphatic rings. The van der Waals surface area contributed by atoms with Crippen LogP contribution in [-0.2, 0) is 0 Å². The van der Waals surface area contributed by atoms with Gasteiger partial charge in [-0.2, -0.15) is 5.26 Å². The predicted octanol–water partition coefficient (Wildman–Crippen LogP) is 3.12. The molecule has 1 unspecified atom stereocenters. The minimum absolute atomic E-state index is 0.271. The summed E-state index contributed by atoms with van der Waals surface area (Å²) < 4.78 is 0.996. The number of hydrogen-bond acceptors (Lipinski definition) is 3. The molecule has 1 aromatic carbocycles. The van der Waals surface area contributed by atoms with E-state index >= 15 is 0 Å². The van der Waals surface area contributed by atoms with Crippen molar-refractivity contribution in [2.45, 2.75) is 19.8 Å². The molecule has 1 atom stereocenters. The second-order valence-electron chi connectivity index (χ2n) is 5.25. The first kappa shape index (κ1) is 13.4. The molecule has 1 aromatic rings. The van der Waals surface area contributed by atoms with Crippen molar-refractivity contribution in [3.8, 4) is 6.07 Å². The van der Waals surface area contributed by atoms with Gasteiger partial charge in [0.05, 0.1) is 11.3 Å². The second kappa shape index (κ2) is 5.73. The lowest BCUT2D eigenvalue weighted by Gasteiger charge is -2.34. The predicted molar refractivity (Wildman–Crippen MR) is 77.6 cm³/mol. The summed E-state index contributed by atoms with van der Waals surface area (Å²) in [5.41, 5.74) is 1.89. The third-order valence-electron chi connectivity index (χ3n) is 3.49. The Morgan fingerprint density at radius 1 is 1.56 bits per heavy atom. The maximum absolute atomic E-state index is 9.09. The molecular formula is C14H18BrN3. The van der Waals surface area contributed by atoms with Gasteiger partial charge in [-0.25, -0.2) is 0 Å². The maximum atomic E-state index is 9.09. The summed E-state index contributed by atoms with van der Waals surface area (Å²) in [6.07, 6.45) is 2.45. The Morgan fingerprint density at radius 2 is 2.39 bits per heavy atom. The van der Waals surface area contributed by atoms with Gasteiger partial charge in [0.15, 0.2) is 0 Å². The summed E-state index contributed by atoms with van der Waals surface area (Å²) in [6, 6.07) is 7.93. The van der Waals surface area contributed by atoms with Crippen LogP contribution < -0.4 is 10.6 Å². The summed E-state index contributed by atoms with van der Waals surface area (Å²) >= 11 is 3.44. The van der Waals surface area contributed by atoms with E-state index < -0.39 is 0 Å². The number of hydrogen-bond donors (Lipinski definition) is 2. The fraction of sp³-hybridized carbons (Fsp3) is 0.500. The van der Waals surface area contributed by atoms with Gasteiger partial charge in [-0.15, -0.1) is 0 Å². The van der Waals surface area contributed by atoms with Gasteiger partial charge in [0.2, 0.25) is 0 Å². The van der Waals surface area contributed by atoms with Crippen LogP contribution >= 0.6 is 15.9 Å². The monoisotopic (exact) mass is 307 g/mol. The van der Waals surface area contributed by atoms with Crippen molar-refractivity contribution in [2.24, 2.45) is 5.41 Å². The van der Waals surface area contributed by atoms with E-state index in [0.717, 1.165) is 29.8 Å². The molecule has 1 aliphatic heterocycles. The number of benzene rings is 1. The normalized spacial score (nSPS) is 23.4. The number of piperidine rings is 1. The lowest BCUT2D eigenvalue weighted by atomic mass is 9.82. The number of nitrogens with zero attached hydrogens (tertiary/aromatic N) is 1. The van der Waals surface area contributed by atoms with Gasteiger partial charge in [0.25, 0.3) is 0 Å². The smallest absolute Gasteiger partial charge is 0.101 e. The Hall–Kier alpha value is -1.05. The van der Waals surface area contributed by atoms with E-state index in [1.165, 1.54) is 12.8 Å². The van der Waals surface area contributed by atoms with E-state index in [4.69, 9.17) is 5.26 Å². The van der Waals surface area contributed by atoms with E-state index in [1.807, 2.05) is 18.2 Å². The Kier molecular flexibility index (Phi) is 4.26. The SMILES string of the molecule is CC1(CNc2cc(Br)ccc2C#N)CCCNC1. The lowest BCUT2D eigenvalue weighted by molar-refractivity contribution is 0.253. The fourth-order valence-corrected chi connectivity index (χ4v) is 2.70. The summed E-state index contributed by atoms with van der Waals surface area (Å²) in [5, 5.41) is 16.0. The number of anilines is 1. The molecule has 0 aliphatic carbocycles. The topological polar surface area (TPSA) is 47.9 Å². The molecule has 96 valence electrons. The Bertz CT molecular complexity index is 459. The molecular weight excluding hydrogens is 290 g/mol. The quantitative estimate of drug-likeness (QED) is 0.902. The molecule has 0 radical (unpaired) electrons. The molecule has 0 amide bonds. The summed E-state index contributed by atoms with van der Waals surface area (Å²) in [7, 11) is 0. The van der Waals surface area contributed by atoms with E-state index in [2.05, 4.69) is 39.6 Å². The highest BCUT2D eigenvalue weighted by Gasteiger charge is 2.26. The number of nitriles is 1. The van der Waals surface area contributed by atoms with Crippen LogP contribution in [0, 0.1) is 16.7 Å². The third-order valence-corrected chi connectivity index (χ3v) is 3.99. The van der Waals surface area contributed by atoms with Crippen LogP contribution in [0.5, 0.6) is 0 Å². The lowest BCUT2D eigenvalue weighted by Crippen LogP contribution is -2.42. The van der Waals surface area contributed by atoms with Gasteiger partial charge in [0.1, 0.15) is 6.07 Å². The van der Waals surface area contributed by atoms with E-state index in [0.29, 0.717) is 5.56 Å². The van der Waals surface area contributed by atoms with Crippen molar-refractivity contribution >= 4 is 21.6 Å². The molecule has 0 spiro atoms. The molecule has 0 saturated carbocycles. The average Bonchev–Trinajstić information content (AvgIpc) is 2.38. The molecule has 2 rings (SSSR count). The van der Waals surface area contributed by atoms with Gasteiger partial charge in [-0.05, 0) is 43.0 Å². The van der Waals surface area contributed by atoms with E-state index in [-0.39, 0.29) is 5.41 Å². The third kappa shape index (κ3) is 3.24. The number of halogens is 1. The highest BCUT2D eigenvalue weighted by Crippen LogP contribution is 2.27. The Balaban J connectivity index is 2.05. The highest BCUT2D eigenvalue weighted by atomic mass is 79.9. The van der Waals surface area contributed by atoms with Crippen LogP contribution in [0.1, 0.15) is 25.3 Å². The van der Waals surface area contributed by atoms with Crippen LogP contribution in [-0.4, -0.2) is 19.6 Å². The molecule has 4 heteroatoms. The first-order chi connectivity index (χ1) is 8.63. The van der Waals surface area contributed by atoms with Crippen molar-refractivity contribution in [3.63, 3.8) is 0 Å². The van der Waals surface area contributed by atoms with Crippen LogP contribution in [0.25, 0.3) is 0 Å². The van der Waals surface area contributed by atoms with E-state index in [9.17, 15) is 0 Å². The molecule has 2 N–H and O–H groups in total. The van der Waals surface area contributed by atoms with Crippen LogP contribution in [0.4, 0.5) is 5.69 Å². The van der Waals surface area contributed by atoms with E-state index in [1.54, 1.807) is 0 Å². The van der Waals surface area contributed by atoms with Gasteiger partial charge >= 0.3 is 0 Å². The minimum atomic E-state index is 0.271. The van der Waals surface area contributed by atoms with Crippen LogP contribution in [0.2, 0.25) is 0 Å². The zero-order valence-electron chi connectivity index (χ0n) is 10.6. The zero-order valence-corrected chi connectivity index (χ0v) is 12.2. The van der Waals surface area contributed by atoms with Crippen molar-refractivity contribution in [2.75, 3.05) is 25.0 Å². The van der Waals surface area contributed by atoms with Crippen molar-refractivity contribution < 1.29 is 0 Å². The molecule has 1 fully saturated rings. The highest BCUT2D eigenvalue weighted by molar-refractivity contribution is 9.10. The number of nitrogens with one attached hydrogen (secondary N) is 2. The van der Waals surface area contributed by atoms with Crippen molar-refractivity contribution in [3.05, 3.63) is 28.2 Å². The van der Waals surface area contributed by atoms with Crippen molar-refractivity contribution in [1.29, 1.82) is 5.26 Å². The average molecular weight is 308 g/mol. The standard InChI is InChI=1S/C14H18BrN3/c1-14(5-2-6-17-9-14)10-18-13-7-12(15)4-3-11(13)8-16/h3-4,7,17-18H,2,5-6,9-10H2,1H3. The summed E-state index contributed by atoms with van der Waals surface area (Å²) in [6.45, 7) is 5.34. The maximum Gasteiger partial charge on any atom is 0.101 e. The largest absolute Gasteiger partial charge is 0.383 e. The number of rotatable bonds is 3. The molecule has 0 bridgehead atoms. The molecule has 1 heterocycles. The van der Waals surface area contributed by atoms with Gasteiger partial charge < -0.3 is 10.6 Å². The van der Waals surface area contributed by atoms with Gasteiger partial charge in [-0.3, -0.25) is 0 Å². The van der Waals surface area contributed by atoms with Crippen LogP contribution in [0.15, 0.2) is 22.7 Å². The molecule has 1 saturated heterocycles. The first-order valence-corrected chi connectivity index (χ1v) is 7.06. The first-order valence-electron chi connectivity index (χ1n) is 6.27. The summed E-state index contributed by atoms with van der Waals surface area (Å²) in [5.74, 6) is 0. The zero-order chi connectivity index (χ0) is 13.0. The molecule has 0 aromatic heterocycles. The fourth-order valence-electron chi connectivity index (χ4n) is 2.34. The summed E-state index contributed by atoms with van der Waals surface area (Å²) in [4.78, 5) is 0. The Labute approximate surface area is 117 Å². The van der Waals surface area contributed by atoms with Gasteiger partial charge in [-0.1, -0.05) is 22.9 Å². The molecule has 18 heavy (non-hydrogen) atoms. The molecule has 3 nitrogen and oxygen atoms in total. The van der Waals surface area contributed by atoms with Crippen molar-refractivity contribution in [1.82, 2.24) is 5.32 Å². The Morgan fingerprint density at radius 3 is 3.06 bits per heavy atom. The van der Waals surface area contributed by atoms with Crippen LogP contribution in [0.3, 0.4) is 0 Å². The van der Waals surface area contributed by atoms with Gasteiger partial charge in [0, 0.05) is 17.6 Å². The second-order valence-corrected chi connectivity index (χ2v) is 6.16. The minimum Gasteiger partial charge on any atom is -0.383 e.